The van der Waals surface area contributed by atoms with Gasteiger partial charge in [0.15, 0.2) is 0 Å². The van der Waals surface area contributed by atoms with Crippen molar-refractivity contribution in [3.05, 3.63) is 64.1 Å². The Morgan fingerprint density at radius 3 is 2.39 bits per heavy atom. The lowest BCUT2D eigenvalue weighted by Crippen LogP contribution is -2.50. The average Bonchev–Trinajstić information content (AvgIpc) is 2.68. The summed E-state index contributed by atoms with van der Waals surface area (Å²) in [4.78, 5) is 14.2. The van der Waals surface area contributed by atoms with Gasteiger partial charge < -0.3 is 10.2 Å². The maximum absolute atomic E-state index is 12.6. The Morgan fingerprint density at radius 2 is 1.71 bits per heavy atom. The number of nitrogens with zero attached hydrogens (tertiary/aromatic N) is 2. The summed E-state index contributed by atoms with van der Waals surface area (Å²) < 4.78 is 26.6. The van der Waals surface area contributed by atoms with Crippen LogP contribution in [0.25, 0.3) is 0 Å². The lowest BCUT2D eigenvalue weighted by molar-refractivity contribution is 0.0956. The number of carbonyl (C=O) groups is 1. The fraction of sp³-hybridized carbons (Fsp3) is 0.316. The van der Waals surface area contributed by atoms with Gasteiger partial charge in [-0.3, -0.25) is 4.79 Å². The Bertz CT molecular complexity index is 945. The third-order valence-corrected chi connectivity index (χ3v) is 6.98. The van der Waals surface area contributed by atoms with Gasteiger partial charge in [0.2, 0.25) is 10.0 Å². The molecule has 0 saturated carbocycles. The molecular formula is C19H21Cl2N3O3S. The number of halogens is 2. The maximum Gasteiger partial charge on any atom is 0.251 e. The molecule has 1 saturated heterocycles. The summed E-state index contributed by atoms with van der Waals surface area (Å²) in [6.07, 6.45) is 0. The number of rotatable bonds is 6. The molecule has 2 aromatic rings. The average molecular weight is 442 g/mol. The third-order valence-electron chi connectivity index (χ3n) is 4.56. The van der Waals surface area contributed by atoms with Crippen LogP contribution >= 0.6 is 23.2 Å². The van der Waals surface area contributed by atoms with Crippen LogP contribution in [0.1, 0.15) is 10.4 Å². The number of amides is 1. The minimum atomic E-state index is -3.45. The fourth-order valence-corrected chi connectivity index (χ4v) is 4.85. The molecule has 1 N–H and O–H groups in total. The summed E-state index contributed by atoms with van der Waals surface area (Å²) in [6.45, 7) is 1.94. The number of sulfonamides is 1. The van der Waals surface area contributed by atoms with Crippen molar-refractivity contribution >= 4 is 44.8 Å². The van der Waals surface area contributed by atoms with Crippen LogP contribution in [0.4, 0.5) is 5.69 Å². The molecule has 1 aliphatic heterocycles. The van der Waals surface area contributed by atoms with Crippen molar-refractivity contribution in [1.29, 1.82) is 0 Å². The molecule has 28 heavy (non-hydrogen) atoms. The molecular weight excluding hydrogens is 421 g/mol. The Hall–Kier alpha value is -1.80. The van der Waals surface area contributed by atoms with E-state index in [2.05, 4.69) is 10.2 Å². The van der Waals surface area contributed by atoms with Gasteiger partial charge in [-0.1, -0.05) is 41.4 Å². The van der Waals surface area contributed by atoms with E-state index >= 15 is 0 Å². The fourth-order valence-electron chi connectivity index (χ4n) is 3.07. The highest BCUT2D eigenvalue weighted by Crippen LogP contribution is 2.26. The normalized spacial score (nSPS) is 15.4. The van der Waals surface area contributed by atoms with Crippen molar-refractivity contribution in [3.8, 4) is 0 Å². The maximum atomic E-state index is 12.6. The molecule has 1 heterocycles. The van der Waals surface area contributed by atoms with Crippen LogP contribution in [0.3, 0.4) is 0 Å². The first kappa shape index (κ1) is 20.9. The predicted octanol–water partition coefficient (Wildman–Crippen LogP) is 2.88. The van der Waals surface area contributed by atoms with E-state index in [1.807, 2.05) is 24.3 Å². The molecule has 3 rings (SSSR count). The van der Waals surface area contributed by atoms with Gasteiger partial charge in [0, 0.05) is 43.3 Å². The van der Waals surface area contributed by atoms with Crippen molar-refractivity contribution in [2.75, 3.05) is 43.4 Å². The van der Waals surface area contributed by atoms with Crippen molar-refractivity contribution in [1.82, 2.24) is 9.62 Å². The highest BCUT2D eigenvalue weighted by molar-refractivity contribution is 7.89. The van der Waals surface area contributed by atoms with E-state index in [1.165, 1.54) is 4.31 Å². The molecule has 1 fully saturated rings. The minimum Gasteiger partial charge on any atom is -0.368 e. The molecule has 0 aromatic heterocycles. The second-order valence-corrected chi connectivity index (χ2v) is 9.35. The highest BCUT2D eigenvalue weighted by atomic mass is 35.5. The van der Waals surface area contributed by atoms with Gasteiger partial charge in [-0.25, -0.2) is 8.42 Å². The zero-order valence-corrected chi connectivity index (χ0v) is 17.5. The van der Waals surface area contributed by atoms with Crippen LogP contribution in [0.2, 0.25) is 10.0 Å². The van der Waals surface area contributed by atoms with Gasteiger partial charge in [-0.2, -0.15) is 4.31 Å². The molecule has 0 atom stereocenters. The van der Waals surface area contributed by atoms with Crippen LogP contribution in [0, 0.1) is 0 Å². The van der Waals surface area contributed by atoms with Crippen molar-refractivity contribution in [2.24, 2.45) is 0 Å². The van der Waals surface area contributed by atoms with Crippen molar-refractivity contribution < 1.29 is 13.2 Å². The van der Waals surface area contributed by atoms with E-state index in [9.17, 15) is 13.2 Å². The number of piperazine rings is 1. The van der Waals surface area contributed by atoms with Crippen LogP contribution < -0.4 is 10.2 Å². The predicted molar refractivity (Wildman–Crippen MR) is 113 cm³/mol. The number of anilines is 1. The number of benzene rings is 2. The molecule has 0 unspecified atom stereocenters. The zero-order chi connectivity index (χ0) is 20.1. The molecule has 0 spiro atoms. The number of para-hydroxylation sites is 1. The Kier molecular flexibility index (Phi) is 6.82. The molecule has 0 bridgehead atoms. The molecule has 0 radical (unpaired) electrons. The summed E-state index contributed by atoms with van der Waals surface area (Å²) in [7, 11) is -3.45. The Labute approximate surface area is 175 Å². The third kappa shape index (κ3) is 5.17. The standard InChI is InChI=1S/C19H21Cl2N3O3S/c20-16-5-3-4-15(14-16)19(25)22-8-13-28(26,27)24-11-9-23(10-12-24)18-7-2-1-6-17(18)21/h1-7,14H,8-13H2,(H,22,25). The summed E-state index contributed by atoms with van der Waals surface area (Å²) in [5.41, 5.74) is 1.31. The number of hydrogen-bond donors (Lipinski definition) is 1. The van der Waals surface area contributed by atoms with Crippen LogP contribution in [-0.2, 0) is 10.0 Å². The largest absolute Gasteiger partial charge is 0.368 e. The van der Waals surface area contributed by atoms with Crippen LogP contribution in [0.5, 0.6) is 0 Å². The van der Waals surface area contributed by atoms with Gasteiger partial charge >= 0.3 is 0 Å². The molecule has 1 aliphatic rings. The van der Waals surface area contributed by atoms with E-state index in [0.29, 0.717) is 41.8 Å². The summed E-state index contributed by atoms with van der Waals surface area (Å²) in [5, 5.41) is 3.74. The van der Waals surface area contributed by atoms with Crippen molar-refractivity contribution in [3.63, 3.8) is 0 Å². The lowest BCUT2D eigenvalue weighted by Gasteiger charge is -2.35. The van der Waals surface area contributed by atoms with Gasteiger partial charge in [-0.15, -0.1) is 0 Å². The first-order chi connectivity index (χ1) is 13.4. The quantitative estimate of drug-likeness (QED) is 0.747. The zero-order valence-electron chi connectivity index (χ0n) is 15.1. The second-order valence-electron chi connectivity index (χ2n) is 6.42. The van der Waals surface area contributed by atoms with Gasteiger partial charge in [0.25, 0.3) is 5.91 Å². The van der Waals surface area contributed by atoms with Gasteiger partial charge in [0.1, 0.15) is 0 Å². The molecule has 0 aliphatic carbocycles. The van der Waals surface area contributed by atoms with Crippen LogP contribution in [0.15, 0.2) is 48.5 Å². The monoisotopic (exact) mass is 441 g/mol. The molecule has 1 amide bonds. The Balaban J connectivity index is 1.50. The smallest absolute Gasteiger partial charge is 0.251 e. The topological polar surface area (TPSA) is 69.7 Å². The molecule has 2 aromatic carbocycles. The number of nitrogens with one attached hydrogen (secondary N) is 1. The molecule has 6 nitrogen and oxygen atoms in total. The van der Waals surface area contributed by atoms with E-state index in [-0.39, 0.29) is 18.2 Å². The van der Waals surface area contributed by atoms with Gasteiger partial charge in [0.05, 0.1) is 16.5 Å². The van der Waals surface area contributed by atoms with E-state index < -0.39 is 10.0 Å². The lowest BCUT2D eigenvalue weighted by atomic mass is 10.2. The SMILES string of the molecule is O=C(NCCS(=O)(=O)N1CCN(c2ccccc2Cl)CC1)c1cccc(Cl)c1. The van der Waals surface area contributed by atoms with Gasteiger partial charge in [-0.05, 0) is 30.3 Å². The number of carbonyl (C=O) groups excluding carboxylic acids is 1. The minimum absolute atomic E-state index is 0.0401. The second kappa shape index (κ2) is 9.13. The molecule has 150 valence electrons. The van der Waals surface area contributed by atoms with Crippen LogP contribution in [-0.4, -0.2) is 57.1 Å². The van der Waals surface area contributed by atoms with E-state index in [1.54, 1.807) is 24.3 Å². The Morgan fingerprint density at radius 1 is 1.00 bits per heavy atom. The molecule has 9 heteroatoms. The summed E-state index contributed by atoms with van der Waals surface area (Å²) in [5.74, 6) is -0.493. The number of hydrogen-bond acceptors (Lipinski definition) is 4. The first-order valence-electron chi connectivity index (χ1n) is 8.88. The van der Waals surface area contributed by atoms with E-state index in [0.717, 1.165) is 5.69 Å². The first-order valence-corrected chi connectivity index (χ1v) is 11.2. The highest BCUT2D eigenvalue weighted by Gasteiger charge is 2.27. The summed E-state index contributed by atoms with van der Waals surface area (Å²) in [6, 6.07) is 14.0. The van der Waals surface area contributed by atoms with Crippen molar-refractivity contribution in [2.45, 2.75) is 0 Å². The van der Waals surface area contributed by atoms with E-state index in [4.69, 9.17) is 23.2 Å². The summed E-state index contributed by atoms with van der Waals surface area (Å²) >= 11 is 12.1.